The number of para-hydroxylation sites is 1. The molecule has 0 radical (unpaired) electrons. The molecule has 4 aliphatic rings. The molecule has 0 N–H and O–H groups in total. The van der Waals surface area contributed by atoms with Crippen molar-refractivity contribution >= 4 is 40.5 Å². The SMILES string of the molecule is O=C1C2C3C=CC(CC3)C2C(=O)N1N=Cc1cn(Cc2ccccc2Cl)c2ccccc12. The number of imide groups is 1. The van der Waals surface area contributed by atoms with Crippen LogP contribution in [0, 0.1) is 23.7 Å². The van der Waals surface area contributed by atoms with Crippen molar-refractivity contribution in [3.8, 4) is 0 Å². The van der Waals surface area contributed by atoms with Gasteiger partial charge in [-0.2, -0.15) is 10.1 Å². The van der Waals surface area contributed by atoms with Gasteiger partial charge in [0.25, 0.3) is 11.8 Å². The highest BCUT2D eigenvalue weighted by Crippen LogP contribution is 2.49. The largest absolute Gasteiger partial charge is 0.342 e. The van der Waals surface area contributed by atoms with Crippen LogP contribution in [-0.2, 0) is 16.1 Å². The van der Waals surface area contributed by atoms with Crippen molar-refractivity contribution in [2.75, 3.05) is 0 Å². The van der Waals surface area contributed by atoms with E-state index < -0.39 is 0 Å². The lowest BCUT2D eigenvalue weighted by Gasteiger charge is -2.37. The van der Waals surface area contributed by atoms with Gasteiger partial charge in [-0.1, -0.05) is 60.2 Å². The topological polar surface area (TPSA) is 54.7 Å². The van der Waals surface area contributed by atoms with E-state index in [4.69, 9.17) is 11.6 Å². The quantitative estimate of drug-likeness (QED) is 0.328. The Balaban J connectivity index is 1.33. The number of fused-ring (bicyclic) bond motifs is 2. The van der Waals surface area contributed by atoms with Crippen molar-refractivity contribution in [3.05, 3.63) is 83.0 Å². The minimum absolute atomic E-state index is 0.157. The van der Waals surface area contributed by atoms with E-state index >= 15 is 0 Å². The average molecular weight is 444 g/mol. The van der Waals surface area contributed by atoms with Gasteiger partial charge in [-0.05, 0) is 42.4 Å². The number of carbonyl (C=O) groups is 2. The lowest BCUT2D eigenvalue weighted by atomic mass is 9.63. The molecule has 3 aromatic rings. The summed E-state index contributed by atoms with van der Waals surface area (Å²) in [6.45, 7) is 0.620. The molecule has 6 heteroatoms. The molecule has 5 nitrogen and oxygen atoms in total. The summed E-state index contributed by atoms with van der Waals surface area (Å²) in [7, 11) is 0. The Labute approximate surface area is 191 Å². The number of hydrogen-bond donors (Lipinski definition) is 0. The zero-order valence-corrected chi connectivity index (χ0v) is 18.2. The molecule has 7 rings (SSSR count). The normalized spacial score (nSPS) is 26.6. The number of rotatable bonds is 4. The van der Waals surface area contributed by atoms with Crippen molar-refractivity contribution in [2.24, 2.45) is 28.8 Å². The van der Waals surface area contributed by atoms with Crippen LogP contribution in [0.5, 0.6) is 0 Å². The summed E-state index contributed by atoms with van der Waals surface area (Å²) in [5.74, 6) is -0.474. The fourth-order valence-corrected chi connectivity index (χ4v) is 5.81. The molecular weight excluding hydrogens is 422 g/mol. The maximum atomic E-state index is 13.0. The Morgan fingerprint density at radius 3 is 2.28 bits per heavy atom. The van der Waals surface area contributed by atoms with Crippen molar-refractivity contribution < 1.29 is 9.59 Å². The minimum Gasteiger partial charge on any atom is -0.342 e. The first-order chi connectivity index (χ1) is 15.6. The summed E-state index contributed by atoms with van der Waals surface area (Å²) in [6, 6.07) is 15.8. The number of allylic oxidation sites excluding steroid dienone is 2. The van der Waals surface area contributed by atoms with Crippen molar-refractivity contribution in [1.82, 2.24) is 9.58 Å². The molecule has 1 saturated heterocycles. The molecule has 2 heterocycles. The third kappa shape index (κ3) is 2.95. The van der Waals surface area contributed by atoms with Crippen LogP contribution in [0.1, 0.15) is 24.0 Å². The standard InChI is InChI=1S/C26H22ClN3O2/c27-21-7-3-1-5-18(21)14-29-15-19(20-6-2-4-8-22(20)29)13-28-30-25(31)23-16-9-10-17(12-11-16)24(23)26(30)32/h1-10,13,15-17,23-24H,11-12,14H2. The fourth-order valence-electron chi connectivity index (χ4n) is 5.61. The van der Waals surface area contributed by atoms with E-state index in [1.165, 1.54) is 0 Å². The van der Waals surface area contributed by atoms with Gasteiger partial charge in [-0.25, -0.2) is 0 Å². The molecule has 0 spiro atoms. The van der Waals surface area contributed by atoms with Gasteiger partial charge in [0.2, 0.25) is 0 Å². The Hall–Kier alpha value is -3.18. The number of aromatic nitrogens is 1. The van der Waals surface area contributed by atoms with Crippen molar-refractivity contribution in [3.63, 3.8) is 0 Å². The first-order valence-electron chi connectivity index (χ1n) is 11.0. The van der Waals surface area contributed by atoms with E-state index in [-0.39, 0.29) is 35.5 Å². The molecular formula is C26H22ClN3O2. The second-order valence-corrected chi connectivity index (χ2v) is 9.30. The van der Waals surface area contributed by atoms with Gasteiger partial charge in [0.05, 0.1) is 18.1 Å². The van der Waals surface area contributed by atoms with Gasteiger partial charge in [0.1, 0.15) is 0 Å². The van der Waals surface area contributed by atoms with Gasteiger partial charge >= 0.3 is 0 Å². The highest BCUT2D eigenvalue weighted by molar-refractivity contribution is 6.31. The second-order valence-electron chi connectivity index (χ2n) is 8.90. The molecule has 1 aliphatic heterocycles. The summed E-state index contributed by atoms with van der Waals surface area (Å²) in [5.41, 5.74) is 2.93. The maximum absolute atomic E-state index is 13.0. The number of nitrogens with zero attached hydrogens (tertiary/aromatic N) is 3. The Kier molecular flexibility index (Phi) is 4.54. The van der Waals surface area contributed by atoms with Crippen LogP contribution in [0.25, 0.3) is 10.9 Å². The molecule has 4 atom stereocenters. The molecule has 2 aromatic carbocycles. The van der Waals surface area contributed by atoms with Gasteiger partial charge in [0.15, 0.2) is 0 Å². The van der Waals surface area contributed by atoms with Crippen LogP contribution in [-0.4, -0.2) is 27.6 Å². The lowest BCUT2D eigenvalue weighted by molar-refractivity contribution is -0.140. The first-order valence-corrected chi connectivity index (χ1v) is 11.4. The second kappa shape index (κ2) is 7.45. The van der Waals surface area contributed by atoms with E-state index in [1.807, 2.05) is 54.7 Å². The first kappa shape index (κ1) is 19.5. The van der Waals surface area contributed by atoms with Crippen molar-refractivity contribution in [1.29, 1.82) is 0 Å². The van der Waals surface area contributed by atoms with Crippen LogP contribution < -0.4 is 0 Å². The van der Waals surface area contributed by atoms with E-state index in [0.717, 1.165) is 44.9 Å². The van der Waals surface area contributed by atoms with Gasteiger partial charge in [0, 0.05) is 34.2 Å². The molecule has 4 unspecified atom stereocenters. The number of benzene rings is 2. The monoisotopic (exact) mass is 443 g/mol. The summed E-state index contributed by atoms with van der Waals surface area (Å²) < 4.78 is 2.12. The van der Waals surface area contributed by atoms with E-state index in [0.29, 0.717) is 6.54 Å². The Morgan fingerprint density at radius 1 is 0.938 bits per heavy atom. The minimum atomic E-state index is -0.245. The van der Waals surface area contributed by atoms with E-state index in [2.05, 4.69) is 21.8 Å². The van der Waals surface area contributed by atoms with Crippen LogP contribution >= 0.6 is 11.6 Å². The van der Waals surface area contributed by atoms with Crippen LogP contribution in [0.3, 0.4) is 0 Å². The smallest absolute Gasteiger partial charge is 0.254 e. The number of hydrazone groups is 1. The number of hydrogen-bond acceptors (Lipinski definition) is 3. The molecule has 1 aromatic heterocycles. The predicted octanol–water partition coefficient (Wildman–Crippen LogP) is 4.87. The number of halogens is 1. The molecule has 32 heavy (non-hydrogen) atoms. The van der Waals surface area contributed by atoms with E-state index in [1.54, 1.807) is 6.21 Å². The van der Waals surface area contributed by atoms with Crippen molar-refractivity contribution in [2.45, 2.75) is 19.4 Å². The number of amides is 2. The Bertz CT molecular complexity index is 1280. The molecule has 2 amide bonds. The Morgan fingerprint density at radius 2 is 1.59 bits per heavy atom. The van der Waals surface area contributed by atoms with E-state index in [9.17, 15) is 9.59 Å². The van der Waals surface area contributed by atoms with Crippen LogP contribution in [0.2, 0.25) is 5.02 Å². The van der Waals surface area contributed by atoms with Crippen LogP contribution in [0.15, 0.2) is 72.0 Å². The summed E-state index contributed by atoms with van der Waals surface area (Å²) in [4.78, 5) is 26.1. The lowest BCUT2D eigenvalue weighted by Crippen LogP contribution is -2.38. The van der Waals surface area contributed by atoms with Gasteiger partial charge < -0.3 is 4.57 Å². The third-order valence-electron chi connectivity index (χ3n) is 7.17. The zero-order valence-electron chi connectivity index (χ0n) is 17.4. The molecule has 2 fully saturated rings. The zero-order chi connectivity index (χ0) is 21.8. The van der Waals surface area contributed by atoms with Crippen LogP contribution in [0.4, 0.5) is 0 Å². The number of carbonyl (C=O) groups excluding carboxylic acids is 2. The highest BCUT2D eigenvalue weighted by atomic mass is 35.5. The summed E-state index contributed by atoms with van der Waals surface area (Å²) >= 11 is 6.37. The van der Waals surface area contributed by atoms with Gasteiger partial charge in [-0.15, -0.1) is 0 Å². The summed E-state index contributed by atoms with van der Waals surface area (Å²) in [6.07, 6.45) is 9.85. The third-order valence-corrected chi connectivity index (χ3v) is 7.54. The maximum Gasteiger partial charge on any atom is 0.254 e. The molecule has 2 bridgehead atoms. The molecule has 1 saturated carbocycles. The fraction of sp³-hybridized carbons (Fsp3) is 0.269. The molecule has 160 valence electrons. The van der Waals surface area contributed by atoms with Gasteiger partial charge in [-0.3, -0.25) is 9.59 Å². The average Bonchev–Trinajstić information content (AvgIpc) is 3.31. The molecule has 3 aliphatic carbocycles. The highest BCUT2D eigenvalue weighted by Gasteiger charge is 2.56. The predicted molar refractivity (Wildman–Crippen MR) is 124 cm³/mol. The summed E-state index contributed by atoms with van der Waals surface area (Å²) in [5, 5.41) is 7.26.